The lowest BCUT2D eigenvalue weighted by Gasteiger charge is -2.08. The smallest absolute Gasteiger partial charge is 0.0641 e. The van der Waals surface area contributed by atoms with Gasteiger partial charge in [-0.25, -0.2) is 0 Å². The first-order valence-corrected chi connectivity index (χ1v) is 7.40. The second-order valence-electron chi connectivity index (χ2n) is 5.68. The van der Waals surface area contributed by atoms with Gasteiger partial charge in [0.15, 0.2) is 0 Å². The molecular formula is C15H29N3O. The van der Waals surface area contributed by atoms with Gasteiger partial charge in [-0.2, -0.15) is 5.10 Å². The molecule has 4 nitrogen and oxygen atoms in total. The highest BCUT2D eigenvalue weighted by atomic mass is 16.2. The molecule has 0 spiro atoms. The van der Waals surface area contributed by atoms with Crippen LogP contribution in [0.25, 0.3) is 0 Å². The van der Waals surface area contributed by atoms with Gasteiger partial charge < -0.3 is 10.4 Å². The summed E-state index contributed by atoms with van der Waals surface area (Å²) in [6.07, 6.45) is 3.04. The van der Waals surface area contributed by atoms with Gasteiger partial charge in [0, 0.05) is 31.0 Å². The Hall–Kier alpha value is -0.870. The standard InChI is InChI=1S/C15H29N3O/c1-12(2)10-16-11-15-13(3)17-18(14(15)4)8-6-5-7-9-19/h12,16,19H,5-11H2,1-4H3. The lowest BCUT2D eigenvalue weighted by molar-refractivity contribution is 0.281. The normalized spacial score (nSPS) is 11.5. The first-order valence-electron chi connectivity index (χ1n) is 7.40. The number of nitrogens with zero attached hydrogens (tertiary/aromatic N) is 2. The maximum atomic E-state index is 8.78. The van der Waals surface area contributed by atoms with Crippen LogP contribution in [0.4, 0.5) is 0 Å². The Morgan fingerprint density at radius 1 is 1.21 bits per heavy atom. The molecule has 0 aliphatic heterocycles. The van der Waals surface area contributed by atoms with Gasteiger partial charge in [-0.05, 0) is 45.6 Å². The molecule has 1 rings (SSSR count). The van der Waals surface area contributed by atoms with E-state index in [1.807, 2.05) is 0 Å². The Kier molecular flexibility index (Phi) is 7.10. The molecule has 1 aromatic rings. The van der Waals surface area contributed by atoms with Crippen LogP contribution in [0.3, 0.4) is 0 Å². The van der Waals surface area contributed by atoms with Gasteiger partial charge in [0.1, 0.15) is 0 Å². The molecule has 0 saturated carbocycles. The number of unbranched alkanes of at least 4 members (excludes halogenated alkanes) is 2. The van der Waals surface area contributed by atoms with Crippen molar-refractivity contribution in [3.05, 3.63) is 17.0 Å². The quantitative estimate of drug-likeness (QED) is 0.676. The minimum atomic E-state index is 0.293. The fraction of sp³-hybridized carbons (Fsp3) is 0.800. The molecule has 0 unspecified atom stereocenters. The van der Waals surface area contributed by atoms with Crippen molar-refractivity contribution in [3.8, 4) is 0 Å². The highest BCUT2D eigenvalue weighted by molar-refractivity contribution is 5.24. The molecule has 0 bridgehead atoms. The predicted octanol–water partition coefficient (Wildman–Crippen LogP) is 2.41. The molecule has 1 aromatic heterocycles. The Morgan fingerprint density at radius 3 is 2.58 bits per heavy atom. The number of hydrogen-bond acceptors (Lipinski definition) is 3. The minimum Gasteiger partial charge on any atom is -0.396 e. The van der Waals surface area contributed by atoms with Crippen LogP contribution in [0.5, 0.6) is 0 Å². The van der Waals surface area contributed by atoms with Crippen molar-refractivity contribution in [1.29, 1.82) is 0 Å². The van der Waals surface area contributed by atoms with Crippen LogP contribution in [-0.4, -0.2) is 28.0 Å². The molecule has 19 heavy (non-hydrogen) atoms. The fourth-order valence-electron chi connectivity index (χ4n) is 2.24. The topological polar surface area (TPSA) is 50.1 Å². The summed E-state index contributed by atoms with van der Waals surface area (Å²) < 4.78 is 2.11. The number of aryl methyl sites for hydroxylation is 2. The first kappa shape index (κ1) is 16.2. The number of hydrogen-bond donors (Lipinski definition) is 2. The molecule has 4 heteroatoms. The summed E-state index contributed by atoms with van der Waals surface area (Å²) in [5.41, 5.74) is 3.75. The second-order valence-corrected chi connectivity index (χ2v) is 5.68. The van der Waals surface area contributed by atoms with Crippen molar-refractivity contribution < 1.29 is 5.11 Å². The van der Waals surface area contributed by atoms with Gasteiger partial charge in [-0.15, -0.1) is 0 Å². The van der Waals surface area contributed by atoms with Crippen LogP contribution in [-0.2, 0) is 13.1 Å². The monoisotopic (exact) mass is 267 g/mol. The summed E-state index contributed by atoms with van der Waals surface area (Å²) in [7, 11) is 0. The van der Waals surface area contributed by atoms with Crippen LogP contribution in [0.15, 0.2) is 0 Å². The van der Waals surface area contributed by atoms with E-state index >= 15 is 0 Å². The van der Waals surface area contributed by atoms with Crippen LogP contribution < -0.4 is 5.32 Å². The number of aliphatic hydroxyl groups is 1. The molecule has 0 aromatic carbocycles. The number of rotatable bonds is 9. The van der Waals surface area contributed by atoms with Gasteiger partial charge in [0.25, 0.3) is 0 Å². The Labute approximate surface area is 117 Å². The van der Waals surface area contributed by atoms with Gasteiger partial charge in [0.05, 0.1) is 5.69 Å². The SMILES string of the molecule is Cc1nn(CCCCCO)c(C)c1CNCC(C)C. The Balaban J connectivity index is 2.51. The molecule has 0 saturated heterocycles. The van der Waals surface area contributed by atoms with E-state index in [4.69, 9.17) is 5.11 Å². The summed E-state index contributed by atoms with van der Waals surface area (Å²) in [5, 5.41) is 16.9. The molecule has 1 heterocycles. The maximum Gasteiger partial charge on any atom is 0.0641 e. The van der Waals surface area contributed by atoms with Crippen LogP contribution >= 0.6 is 0 Å². The van der Waals surface area contributed by atoms with E-state index < -0.39 is 0 Å². The third kappa shape index (κ3) is 5.33. The first-order chi connectivity index (χ1) is 9.06. The second kappa shape index (κ2) is 8.33. The Bertz CT molecular complexity index is 372. The van der Waals surface area contributed by atoms with E-state index in [-0.39, 0.29) is 0 Å². The van der Waals surface area contributed by atoms with Crippen LogP contribution in [0.2, 0.25) is 0 Å². The molecule has 110 valence electrons. The largest absolute Gasteiger partial charge is 0.396 e. The fourth-order valence-corrected chi connectivity index (χ4v) is 2.24. The molecular weight excluding hydrogens is 238 g/mol. The molecule has 0 aliphatic rings. The van der Waals surface area contributed by atoms with Crippen molar-refractivity contribution >= 4 is 0 Å². The van der Waals surface area contributed by atoms with E-state index in [0.717, 1.165) is 44.6 Å². The molecule has 0 amide bonds. The van der Waals surface area contributed by atoms with Gasteiger partial charge in [0.2, 0.25) is 0 Å². The van der Waals surface area contributed by atoms with Crippen molar-refractivity contribution in [1.82, 2.24) is 15.1 Å². The third-order valence-electron chi connectivity index (χ3n) is 3.41. The zero-order valence-electron chi connectivity index (χ0n) is 12.9. The van der Waals surface area contributed by atoms with Crippen molar-refractivity contribution in [2.45, 2.75) is 60.0 Å². The molecule has 0 fully saturated rings. The van der Waals surface area contributed by atoms with Crippen LogP contribution in [0, 0.1) is 19.8 Å². The molecule has 0 radical (unpaired) electrons. The van der Waals surface area contributed by atoms with E-state index in [9.17, 15) is 0 Å². The molecule has 0 aliphatic carbocycles. The van der Waals surface area contributed by atoms with Gasteiger partial charge in [-0.3, -0.25) is 4.68 Å². The zero-order chi connectivity index (χ0) is 14.3. The predicted molar refractivity (Wildman–Crippen MR) is 79.2 cm³/mol. The Morgan fingerprint density at radius 2 is 1.95 bits per heavy atom. The minimum absolute atomic E-state index is 0.293. The molecule has 2 N–H and O–H groups in total. The van der Waals surface area contributed by atoms with Crippen molar-refractivity contribution in [2.75, 3.05) is 13.2 Å². The van der Waals surface area contributed by atoms with E-state index in [0.29, 0.717) is 12.5 Å². The van der Waals surface area contributed by atoms with E-state index in [1.165, 1.54) is 11.3 Å². The highest BCUT2D eigenvalue weighted by Gasteiger charge is 2.10. The van der Waals surface area contributed by atoms with Crippen molar-refractivity contribution in [2.24, 2.45) is 5.92 Å². The number of aromatic nitrogens is 2. The highest BCUT2D eigenvalue weighted by Crippen LogP contribution is 2.14. The lowest BCUT2D eigenvalue weighted by Crippen LogP contribution is -2.19. The maximum absolute atomic E-state index is 8.78. The van der Waals surface area contributed by atoms with Gasteiger partial charge >= 0.3 is 0 Å². The number of nitrogens with one attached hydrogen (secondary N) is 1. The summed E-state index contributed by atoms with van der Waals surface area (Å²) in [6, 6.07) is 0. The average molecular weight is 267 g/mol. The lowest BCUT2D eigenvalue weighted by atomic mass is 10.1. The third-order valence-corrected chi connectivity index (χ3v) is 3.41. The van der Waals surface area contributed by atoms with Crippen LogP contribution in [0.1, 0.15) is 50.1 Å². The summed E-state index contributed by atoms with van der Waals surface area (Å²) in [5.74, 6) is 0.675. The van der Waals surface area contributed by atoms with E-state index in [1.54, 1.807) is 0 Å². The summed E-state index contributed by atoms with van der Waals surface area (Å²) >= 11 is 0. The molecule has 0 atom stereocenters. The zero-order valence-corrected chi connectivity index (χ0v) is 12.9. The number of aliphatic hydroxyl groups excluding tert-OH is 1. The van der Waals surface area contributed by atoms with Gasteiger partial charge in [-0.1, -0.05) is 13.8 Å². The average Bonchev–Trinajstić information content (AvgIpc) is 2.62. The summed E-state index contributed by atoms with van der Waals surface area (Å²) in [4.78, 5) is 0. The summed E-state index contributed by atoms with van der Waals surface area (Å²) in [6.45, 7) is 11.9. The van der Waals surface area contributed by atoms with Crippen molar-refractivity contribution in [3.63, 3.8) is 0 Å². The van der Waals surface area contributed by atoms with E-state index in [2.05, 4.69) is 42.8 Å².